The number of hydrogen-bond donors (Lipinski definition) is 1. The molecule has 21 heavy (non-hydrogen) atoms. The van der Waals surface area contributed by atoms with E-state index in [1.54, 1.807) is 13.8 Å². The van der Waals surface area contributed by atoms with Crippen LogP contribution in [0.5, 0.6) is 11.5 Å². The summed E-state index contributed by atoms with van der Waals surface area (Å²) in [4.78, 5) is 12.0. The van der Waals surface area contributed by atoms with Gasteiger partial charge in [-0.15, -0.1) is 0 Å². The van der Waals surface area contributed by atoms with Crippen molar-refractivity contribution < 1.29 is 19.0 Å². The number of nitriles is 1. The van der Waals surface area contributed by atoms with Crippen LogP contribution in [0.1, 0.15) is 30.6 Å². The van der Waals surface area contributed by atoms with Crippen LogP contribution in [0.25, 0.3) is 0 Å². The molecule has 0 aliphatic carbocycles. The SMILES string of the molecule is COc1cc(N)c(C(=O)OCCC(C)(C)C#N)cc1OC. The molecule has 1 aromatic rings. The number of nitrogen functional groups attached to an aromatic ring is 1. The molecule has 0 aliphatic rings. The molecule has 0 saturated heterocycles. The molecular formula is C15H20N2O4. The number of hydrogen-bond acceptors (Lipinski definition) is 6. The Morgan fingerprint density at radius 2 is 1.86 bits per heavy atom. The summed E-state index contributed by atoms with van der Waals surface area (Å²) in [7, 11) is 2.96. The minimum absolute atomic E-state index is 0.146. The van der Waals surface area contributed by atoms with Gasteiger partial charge in [0.25, 0.3) is 0 Å². The molecule has 6 nitrogen and oxygen atoms in total. The van der Waals surface area contributed by atoms with Crippen LogP contribution in [0.4, 0.5) is 5.69 Å². The van der Waals surface area contributed by atoms with E-state index in [1.165, 1.54) is 26.4 Å². The third-order valence-corrected chi connectivity index (χ3v) is 3.04. The Morgan fingerprint density at radius 3 is 2.38 bits per heavy atom. The Bertz CT molecular complexity index is 562. The third-order valence-electron chi connectivity index (χ3n) is 3.04. The first-order chi connectivity index (χ1) is 9.84. The van der Waals surface area contributed by atoms with E-state index in [0.29, 0.717) is 17.9 Å². The number of nitrogens with two attached hydrogens (primary N) is 1. The Hall–Kier alpha value is -2.42. The van der Waals surface area contributed by atoms with E-state index >= 15 is 0 Å². The summed E-state index contributed by atoms with van der Waals surface area (Å²) in [6.07, 6.45) is 0.447. The smallest absolute Gasteiger partial charge is 0.340 e. The molecular weight excluding hydrogens is 272 g/mol. The summed E-state index contributed by atoms with van der Waals surface area (Å²) in [5.41, 5.74) is 5.74. The van der Waals surface area contributed by atoms with Gasteiger partial charge in [-0.2, -0.15) is 5.26 Å². The fourth-order valence-electron chi connectivity index (χ4n) is 1.60. The van der Waals surface area contributed by atoms with Crippen molar-refractivity contribution in [1.29, 1.82) is 5.26 Å². The molecule has 0 saturated carbocycles. The Kier molecular flexibility index (Phi) is 5.42. The Labute approximate surface area is 124 Å². The van der Waals surface area contributed by atoms with Gasteiger partial charge in [0.2, 0.25) is 0 Å². The highest BCUT2D eigenvalue weighted by atomic mass is 16.5. The average Bonchev–Trinajstić information content (AvgIpc) is 2.46. The number of ether oxygens (including phenoxy) is 3. The van der Waals surface area contributed by atoms with Gasteiger partial charge in [-0.3, -0.25) is 0 Å². The van der Waals surface area contributed by atoms with Gasteiger partial charge in [0, 0.05) is 12.1 Å². The van der Waals surface area contributed by atoms with E-state index in [2.05, 4.69) is 6.07 Å². The monoisotopic (exact) mass is 292 g/mol. The van der Waals surface area contributed by atoms with E-state index in [1.807, 2.05) is 0 Å². The molecule has 0 radical (unpaired) electrons. The lowest BCUT2D eigenvalue weighted by molar-refractivity contribution is 0.0475. The Balaban J connectivity index is 2.82. The van der Waals surface area contributed by atoms with Crippen molar-refractivity contribution in [2.24, 2.45) is 5.41 Å². The molecule has 0 aromatic heterocycles. The molecule has 0 spiro atoms. The number of carbonyl (C=O) groups excluding carboxylic acids is 1. The van der Waals surface area contributed by atoms with Crippen LogP contribution in [-0.2, 0) is 4.74 Å². The van der Waals surface area contributed by atoms with Crippen LogP contribution >= 0.6 is 0 Å². The average molecular weight is 292 g/mol. The maximum atomic E-state index is 12.0. The number of methoxy groups -OCH3 is 2. The summed E-state index contributed by atoms with van der Waals surface area (Å²) >= 11 is 0. The third kappa shape index (κ3) is 4.28. The summed E-state index contributed by atoms with van der Waals surface area (Å²) in [5.74, 6) is 0.287. The van der Waals surface area contributed by atoms with Gasteiger partial charge in [-0.25, -0.2) is 4.79 Å². The second-order valence-corrected chi connectivity index (χ2v) is 5.18. The molecule has 114 valence electrons. The molecule has 6 heteroatoms. The number of benzene rings is 1. The van der Waals surface area contributed by atoms with Crippen LogP contribution in [0.3, 0.4) is 0 Å². The van der Waals surface area contributed by atoms with Gasteiger partial charge in [-0.1, -0.05) is 0 Å². The molecule has 0 amide bonds. The quantitative estimate of drug-likeness (QED) is 0.639. The van der Waals surface area contributed by atoms with E-state index in [4.69, 9.17) is 25.2 Å². The maximum Gasteiger partial charge on any atom is 0.340 e. The fraction of sp³-hybridized carbons (Fsp3) is 0.467. The van der Waals surface area contributed by atoms with E-state index < -0.39 is 11.4 Å². The number of carbonyl (C=O) groups is 1. The van der Waals surface area contributed by atoms with Crippen LogP contribution in [0.2, 0.25) is 0 Å². The topological polar surface area (TPSA) is 94.6 Å². The predicted molar refractivity (Wildman–Crippen MR) is 78.3 cm³/mol. The van der Waals surface area contributed by atoms with Crippen molar-refractivity contribution in [2.45, 2.75) is 20.3 Å². The van der Waals surface area contributed by atoms with Crippen LogP contribution < -0.4 is 15.2 Å². The zero-order chi connectivity index (χ0) is 16.0. The minimum atomic E-state index is -0.554. The van der Waals surface area contributed by atoms with Gasteiger partial charge in [0.15, 0.2) is 11.5 Å². The maximum absolute atomic E-state index is 12.0. The number of rotatable bonds is 6. The van der Waals surface area contributed by atoms with Crippen molar-refractivity contribution in [3.05, 3.63) is 17.7 Å². The molecule has 2 N–H and O–H groups in total. The van der Waals surface area contributed by atoms with E-state index in [-0.39, 0.29) is 17.9 Å². The highest BCUT2D eigenvalue weighted by Crippen LogP contribution is 2.32. The molecule has 1 rings (SSSR count). The van der Waals surface area contributed by atoms with Crippen LogP contribution in [0.15, 0.2) is 12.1 Å². The van der Waals surface area contributed by atoms with Crippen LogP contribution in [0, 0.1) is 16.7 Å². The normalized spacial score (nSPS) is 10.6. The van der Waals surface area contributed by atoms with E-state index in [9.17, 15) is 4.79 Å². The van der Waals surface area contributed by atoms with Crippen molar-refractivity contribution in [1.82, 2.24) is 0 Å². The molecule has 0 bridgehead atoms. The zero-order valence-electron chi connectivity index (χ0n) is 12.7. The summed E-state index contributed by atoms with van der Waals surface area (Å²) < 4.78 is 15.4. The first kappa shape index (κ1) is 16.6. The number of anilines is 1. The summed E-state index contributed by atoms with van der Waals surface area (Å²) in [6.45, 7) is 3.71. The molecule has 0 aliphatic heterocycles. The van der Waals surface area contributed by atoms with Gasteiger partial charge >= 0.3 is 5.97 Å². The van der Waals surface area contributed by atoms with Crippen LogP contribution in [-0.4, -0.2) is 26.8 Å². The van der Waals surface area contributed by atoms with E-state index in [0.717, 1.165) is 0 Å². The first-order valence-corrected chi connectivity index (χ1v) is 6.44. The lowest BCUT2D eigenvalue weighted by atomic mass is 9.92. The summed E-state index contributed by atoms with van der Waals surface area (Å²) in [5, 5.41) is 8.91. The molecule has 0 heterocycles. The lowest BCUT2D eigenvalue weighted by Gasteiger charge is -2.15. The standard InChI is InChI=1S/C15H20N2O4/c1-15(2,9-16)5-6-21-14(18)10-7-12(19-3)13(20-4)8-11(10)17/h7-8H,5-6,17H2,1-4H3. The minimum Gasteiger partial charge on any atom is -0.493 e. The highest BCUT2D eigenvalue weighted by Gasteiger charge is 2.20. The van der Waals surface area contributed by atoms with Gasteiger partial charge in [0.05, 0.1) is 43.6 Å². The second-order valence-electron chi connectivity index (χ2n) is 5.18. The van der Waals surface area contributed by atoms with Crippen molar-refractivity contribution in [2.75, 3.05) is 26.6 Å². The lowest BCUT2D eigenvalue weighted by Crippen LogP contribution is -2.15. The van der Waals surface area contributed by atoms with Crippen molar-refractivity contribution >= 4 is 11.7 Å². The van der Waals surface area contributed by atoms with Gasteiger partial charge in [-0.05, 0) is 20.3 Å². The highest BCUT2D eigenvalue weighted by molar-refractivity contribution is 5.96. The number of nitrogens with zero attached hydrogens (tertiary/aromatic N) is 1. The summed E-state index contributed by atoms with van der Waals surface area (Å²) in [6, 6.07) is 5.13. The largest absolute Gasteiger partial charge is 0.493 e. The molecule has 0 fully saturated rings. The molecule has 0 unspecified atom stereocenters. The fourth-order valence-corrected chi connectivity index (χ4v) is 1.60. The number of esters is 1. The van der Waals surface area contributed by atoms with Crippen molar-refractivity contribution in [3.63, 3.8) is 0 Å². The van der Waals surface area contributed by atoms with Gasteiger partial charge < -0.3 is 19.9 Å². The van der Waals surface area contributed by atoms with Gasteiger partial charge in [0.1, 0.15) is 0 Å². The Morgan fingerprint density at radius 1 is 1.29 bits per heavy atom. The second kappa shape index (κ2) is 6.84. The van der Waals surface area contributed by atoms with Crippen molar-refractivity contribution in [3.8, 4) is 17.6 Å². The predicted octanol–water partition coefficient (Wildman–Crippen LogP) is 2.38. The molecule has 1 aromatic carbocycles. The zero-order valence-corrected chi connectivity index (χ0v) is 12.7. The molecule has 0 atom stereocenters. The first-order valence-electron chi connectivity index (χ1n) is 6.44.